The van der Waals surface area contributed by atoms with E-state index < -0.39 is 0 Å². The Bertz CT molecular complexity index is 482. The van der Waals surface area contributed by atoms with Gasteiger partial charge in [-0.1, -0.05) is 0 Å². The summed E-state index contributed by atoms with van der Waals surface area (Å²) in [5, 5.41) is 3.59. The van der Waals surface area contributed by atoms with Crippen LogP contribution in [0.15, 0.2) is 24.3 Å². The van der Waals surface area contributed by atoms with E-state index in [0.29, 0.717) is 24.4 Å². The van der Waals surface area contributed by atoms with Gasteiger partial charge in [0.15, 0.2) is 0 Å². The molecule has 2 atom stereocenters. The van der Waals surface area contributed by atoms with E-state index in [1.54, 1.807) is 24.1 Å². The Balaban J connectivity index is 0.00000161. The molecule has 5 heteroatoms. The molecular formula is C16H22ClFN2O. The summed E-state index contributed by atoms with van der Waals surface area (Å²) < 4.78 is 12.9. The van der Waals surface area contributed by atoms with Crippen molar-refractivity contribution in [3.05, 3.63) is 30.1 Å². The summed E-state index contributed by atoms with van der Waals surface area (Å²) in [5.74, 6) is 0.344. The number of hydrogen-bond donors (Lipinski definition) is 1. The molecular weight excluding hydrogens is 291 g/mol. The number of rotatable bonds is 3. The van der Waals surface area contributed by atoms with Crippen LogP contribution in [0, 0.1) is 11.7 Å². The lowest BCUT2D eigenvalue weighted by molar-refractivity contribution is -0.119. The van der Waals surface area contributed by atoms with Crippen molar-refractivity contribution in [3.8, 4) is 0 Å². The van der Waals surface area contributed by atoms with Crippen molar-refractivity contribution in [1.82, 2.24) is 5.32 Å². The molecule has 0 spiro atoms. The van der Waals surface area contributed by atoms with E-state index in [0.717, 1.165) is 18.5 Å². The van der Waals surface area contributed by atoms with E-state index in [1.165, 1.54) is 25.0 Å². The van der Waals surface area contributed by atoms with Crippen LogP contribution in [0.25, 0.3) is 0 Å². The SMILES string of the molecule is CN(C(=O)CC1CC2CCC(C1)N2)c1ccc(F)cc1.Cl. The van der Waals surface area contributed by atoms with Crippen molar-refractivity contribution in [2.75, 3.05) is 11.9 Å². The second-order valence-electron chi connectivity index (χ2n) is 6.11. The number of anilines is 1. The molecule has 2 heterocycles. The molecule has 21 heavy (non-hydrogen) atoms. The normalized spacial score (nSPS) is 27.0. The summed E-state index contributed by atoms with van der Waals surface area (Å²) in [7, 11) is 1.77. The molecule has 116 valence electrons. The molecule has 2 aliphatic heterocycles. The Morgan fingerprint density at radius 3 is 2.38 bits per heavy atom. The predicted molar refractivity (Wildman–Crippen MR) is 84.3 cm³/mol. The fraction of sp³-hybridized carbons (Fsp3) is 0.562. The molecule has 1 amide bonds. The van der Waals surface area contributed by atoms with Crippen LogP contribution in [0.5, 0.6) is 0 Å². The van der Waals surface area contributed by atoms with Crippen molar-refractivity contribution in [1.29, 1.82) is 0 Å². The second-order valence-corrected chi connectivity index (χ2v) is 6.11. The fourth-order valence-corrected chi connectivity index (χ4v) is 3.53. The molecule has 0 aromatic heterocycles. The van der Waals surface area contributed by atoms with Crippen LogP contribution in [0.2, 0.25) is 0 Å². The minimum Gasteiger partial charge on any atom is -0.315 e. The molecule has 1 aromatic carbocycles. The average molecular weight is 313 g/mol. The smallest absolute Gasteiger partial charge is 0.226 e. The van der Waals surface area contributed by atoms with Crippen molar-refractivity contribution in [2.24, 2.45) is 5.92 Å². The third-order valence-electron chi connectivity index (χ3n) is 4.62. The molecule has 2 unspecified atom stereocenters. The number of fused-ring (bicyclic) bond motifs is 2. The van der Waals surface area contributed by atoms with Crippen molar-refractivity contribution < 1.29 is 9.18 Å². The van der Waals surface area contributed by atoms with E-state index in [2.05, 4.69) is 5.32 Å². The number of halogens is 2. The lowest BCUT2D eigenvalue weighted by Crippen LogP contribution is -2.40. The zero-order valence-electron chi connectivity index (χ0n) is 12.2. The number of amides is 1. The minimum absolute atomic E-state index is 0. The highest BCUT2D eigenvalue weighted by Gasteiger charge is 2.34. The van der Waals surface area contributed by atoms with E-state index >= 15 is 0 Å². The summed E-state index contributed by atoms with van der Waals surface area (Å²) in [4.78, 5) is 14.0. The molecule has 2 bridgehead atoms. The Morgan fingerprint density at radius 1 is 1.24 bits per heavy atom. The van der Waals surface area contributed by atoms with Crippen LogP contribution in [-0.4, -0.2) is 25.0 Å². The maximum Gasteiger partial charge on any atom is 0.226 e. The standard InChI is InChI=1S/C16H21FN2O.ClH/c1-19(15-6-2-12(17)3-7-15)16(20)10-11-8-13-4-5-14(9-11)18-13;/h2-3,6-7,11,13-14,18H,4-5,8-10H2,1H3;1H. The molecule has 2 fully saturated rings. The number of hydrogen-bond acceptors (Lipinski definition) is 2. The number of carbonyl (C=O) groups is 1. The Morgan fingerprint density at radius 2 is 1.81 bits per heavy atom. The second kappa shape index (κ2) is 6.75. The first-order chi connectivity index (χ1) is 9.61. The molecule has 0 saturated carbocycles. The van der Waals surface area contributed by atoms with E-state index in [1.807, 2.05) is 0 Å². The number of nitrogens with zero attached hydrogens (tertiary/aromatic N) is 1. The first-order valence-corrected chi connectivity index (χ1v) is 7.40. The fourth-order valence-electron chi connectivity index (χ4n) is 3.53. The summed E-state index contributed by atoms with van der Waals surface area (Å²) >= 11 is 0. The predicted octanol–water partition coefficient (Wildman–Crippen LogP) is 3.13. The maximum absolute atomic E-state index is 12.9. The van der Waals surface area contributed by atoms with Gasteiger partial charge in [-0.2, -0.15) is 0 Å². The van der Waals surface area contributed by atoms with Crippen LogP contribution in [-0.2, 0) is 4.79 Å². The molecule has 3 nitrogen and oxygen atoms in total. The van der Waals surface area contributed by atoms with E-state index in [-0.39, 0.29) is 24.1 Å². The average Bonchev–Trinajstić information content (AvgIpc) is 2.78. The van der Waals surface area contributed by atoms with Gasteiger partial charge in [-0.25, -0.2) is 4.39 Å². The Labute approximate surface area is 131 Å². The molecule has 0 radical (unpaired) electrons. The van der Waals surface area contributed by atoms with Gasteiger partial charge >= 0.3 is 0 Å². The lowest BCUT2D eigenvalue weighted by Gasteiger charge is -2.30. The summed E-state index contributed by atoms with van der Waals surface area (Å²) in [5.41, 5.74) is 0.758. The van der Waals surface area contributed by atoms with Crippen molar-refractivity contribution in [3.63, 3.8) is 0 Å². The first-order valence-electron chi connectivity index (χ1n) is 7.40. The molecule has 2 saturated heterocycles. The van der Waals surface area contributed by atoms with Gasteiger partial charge in [-0.15, -0.1) is 12.4 Å². The van der Waals surface area contributed by atoms with Gasteiger partial charge in [-0.05, 0) is 55.9 Å². The van der Waals surface area contributed by atoms with E-state index in [9.17, 15) is 9.18 Å². The van der Waals surface area contributed by atoms with Crippen LogP contribution in [0.1, 0.15) is 32.1 Å². The van der Waals surface area contributed by atoms with Gasteiger partial charge < -0.3 is 10.2 Å². The number of nitrogens with one attached hydrogen (secondary N) is 1. The monoisotopic (exact) mass is 312 g/mol. The van der Waals surface area contributed by atoms with Gasteiger partial charge in [0.05, 0.1) is 0 Å². The first kappa shape index (κ1) is 16.2. The van der Waals surface area contributed by atoms with Gasteiger partial charge in [-0.3, -0.25) is 4.79 Å². The topological polar surface area (TPSA) is 32.3 Å². The molecule has 1 N–H and O–H groups in total. The van der Waals surface area contributed by atoms with Gasteiger partial charge in [0.2, 0.25) is 5.91 Å². The Hall–Kier alpha value is -1.13. The minimum atomic E-state index is -0.274. The zero-order chi connectivity index (χ0) is 14.1. The summed E-state index contributed by atoms with van der Waals surface area (Å²) in [6, 6.07) is 7.32. The number of benzene rings is 1. The highest BCUT2D eigenvalue weighted by Crippen LogP contribution is 2.33. The van der Waals surface area contributed by atoms with Crippen LogP contribution in [0.4, 0.5) is 10.1 Å². The zero-order valence-corrected chi connectivity index (χ0v) is 13.0. The van der Waals surface area contributed by atoms with Gasteiger partial charge in [0, 0.05) is 31.2 Å². The maximum atomic E-state index is 12.9. The highest BCUT2D eigenvalue weighted by molar-refractivity contribution is 5.92. The van der Waals surface area contributed by atoms with Crippen molar-refractivity contribution in [2.45, 2.75) is 44.2 Å². The van der Waals surface area contributed by atoms with Gasteiger partial charge in [0.25, 0.3) is 0 Å². The Kier molecular flexibility index (Phi) is 5.22. The lowest BCUT2D eigenvalue weighted by atomic mass is 9.89. The summed E-state index contributed by atoms with van der Waals surface area (Å²) in [6.45, 7) is 0. The molecule has 3 rings (SSSR count). The third kappa shape index (κ3) is 3.74. The number of piperidine rings is 1. The van der Waals surface area contributed by atoms with Crippen LogP contribution < -0.4 is 10.2 Å². The molecule has 1 aromatic rings. The van der Waals surface area contributed by atoms with Crippen LogP contribution in [0.3, 0.4) is 0 Å². The van der Waals surface area contributed by atoms with Crippen LogP contribution >= 0.6 is 12.4 Å². The van der Waals surface area contributed by atoms with E-state index in [4.69, 9.17) is 0 Å². The highest BCUT2D eigenvalue weighted by atomic mass is 35.5. The molecule has 2 aliphatic rings. The summed E-state index contributed by atoms with van der Waals surface area (Å²) in [6.07, 6.45) is 5.33. The van der Waals surface area contributed by atoms with Crippen molar-refractivity contribution >= 4 is 24.0 Å². The quantitative estimate of drug-likeness (QED) is 0.930. The van der Waals surface area contributed by atoms with Gasteiger partial charge in [0.1, 0.15) is 5.82 Å². The molecule has 0 aliphatic carbocycles. The number of carbonyl (C=O) groups excluding carboxylic acids is 1. The largest absolute Gasteiger partial charge is 0.315 e. The third-order valence-corrected chi connectivity index (χ3v) is 4.62.